The van der Waals surface area contributed by atoms with Crippen LogP contribution in [0.5, 0.6) is 0 Å². The van der Waals surface area contributed by atoms with E-state index in [-0.39, 0.29) is 5.41 Å². The van der Waals surface area contributed by atoms with Gasteiger partial charge in [0, 0.05) is 16.8 Å². The summed E-state index contributed by atoms with van der Waals surface area (Å²) in [4.78, 5) is 4.62. The fourth-order valence-corrected chi connectivity index (χ4v) is 2.87. The largest absolute Gasteiger partial charge is 0.373 e. The molecule has 4 heteroatoms. The Kier molecular flexibility index (Phi) is 4.17. The summed E-state index contributed by atoms with van der Waals surface area (Å²) in [5.74, 6) is 0. The maximum absolute atomic E-state index is 5.72. The highest BCUT2D eigenvalue weighted by atomic mass is 32.1. The summed E-state index contributed by atoms with van der Waals surface area (Å²) in [5, 5.41) is 6.67. The van der Waals surface area contributed by atoms with Crippen LogP contribution >= 0.6 is 11.3 Å². The molecular formula is C13H22N2OS. The molecule has 1 atom stereocenters. The van der Waals surface area contributed by atoms with E-state index in [0.29, 0.717) is 12.6 Å². The first-order valence-electron chi connectivity index (χ1n) is 6.32. The average Bonchev–Trinajstić information content (AvgIpc) is 2.86. The van der Waals surface area contributed by atoms with Crippen molar-refractivity contribution in [2.24, 2.45) is 0 Å². The van der Waals surface area contributed by atoms with Crippen molar-refractivity contribution in [1.82, 2.24) is 10.3 Å². The van der Waals surface area contributed by atoms with Crippen molar-refractivity contribution in [1.29, 1.82) is 0 Å². The highest BCUT2D eigenvalue weighted by Crippen LogP contribution is 2.24. The fraction of sp³-hybridized carbons (Fsp3) is 0.769. The molecule has 0 aliphatic carbocycles. The number of rotatable bonds is 4. The van der Waals surface area contributed by atoms with Crippen LogP contribution in [-0.4, -0.2) is 24.2 Å². The summed E-state index contributed by atoms with van der Waals surface area (Å²) >= 11 is 1.70. The molecule has 2 heterocycles. The van der Waals surface area contributed by atoms with Crippen LogP contribution in [0.1, 0.15) is 44.3 Å². The van der Waals surface area contributed by atoms with Crippen LogP contribution in [-0.2, 0) is 16.8 Å². The lowest BCUT2D eigenvalue weighted by atomic mass is 9.93. The van der Waals surface area contributed by atoms with Gasteiger partial charge in [-0.15, -0.1) is 11.3 Å². The van der Waals surface area contributed by atoms with Crippen LogP contribution in [0.2, 0.25) is 0 Å². The monoisotopic (exact) mass is 254 g/mol. The van der Waals surface area contributed by atoms with E-state index in [4.69, 9.17) is 4.74 Å². The number of aromatic nitrogens is 1. The molecule has 0 saturated carbocycles. The summed E-state index contributed by atoms with van der Waals surface area (Å²) in [6, 6.07) is 0.553. The van der Waals surface area contributed by atoms with E-state index in [0.717, 1.165) is 18.2 Å². The van der Waals surface area contributed by atoms with Crippen molar-refractivity contribution < 1.29 is 4.74 Å². The van der Waals surface area contributed by atoms with Gasteiger partial charge in [-0.05, 0) is 19.4 Å². The minimum atomic E-state index is 0.141. The molecule has 17 heavy (non-hydrogen) atoms. The highest BCUT2D eigenvalue weighted by Gasteiger charge is 2.18. The van der Waals surface area contributed by atoms with E-state index < -0.39 is 0 Å². The van der Waals surface area contributed by atoms with Crippen LogP contribution in [0.4, 0.5) is 0 Å². The van der Waals surface area contributed by atoms with E-state index in [1.54, 1.807) is 11.3 Å². The van der Waals surface area contributed by atoms with E-state index in [9.17, 15) is 0 Å². The number of hydrogen-bond acceptors (Lipinski definition) is 4. The van der Waals surface area contributed by atoms with Crippen LogP contribution in [0.25, 0.3) is 0 Å². The smallest absolute Gasteiger partial charge is 0.119 e. The quantitative estimate of drug-likeness (QED) is 0.897. The first-order valence-corrected chi connectivity index (χ1v) is 7.19. The molecule has 96 valence electrons. The highest BCUT2D eigenvalue weighted by molar-refractivity contribution is 7.09. The number of nitrogens with one attached hydrogen (secondary N) is 1. The van der Waals surface area contributed by atoms with Gasteiger partial charge in [0.05, 0.1) is 18.9 Å². The Balaban J connectivity index is 1.77. The zero-order valence-corrected chi connectivity index (χ0v) is 11.8. The molecule has 3 nitrogen and oxygen atoms in total. The second-order valence-electron chi connectivity index (χ2n) is 5.68. The first-order chi connectivity index (χ1) is 8.05. The Morgan fingerprint density at radius 3 is 2.94 bits per heavy atom. The topological polar surface area (TPSA) is 34.1 Å². The van der Waals surface area contributed by atoms with Crippen LogP contribution < -0.4 is 5.32 Å². The van der Waals surface area contributed by atoms with Gasteiger partial charge in [-0.2, -0.15) is 0 Å². The molecule has 0 spiro atoms. The molecule has 1 fully saturated rings. The van der Waals surface area contributed by atoms with Crippen molar-refractivity contribution in [3.05, 3.63) is 16.1 Å². The normalized spacial score (nSPS) is 21.0. The summed E-state index contributed by atoms with van der Waals surface area (Å²) in [6.07, 6.45) is 2.52. The van der Waals surface area contributed by atoms with Gasteiger partial charge in [-0.25, -0.2) is 4.98 Å². The Labute approximate surface area is 108 Å². The minimum Gasteiger partial charge on any atom is -0.373 e. The Hall–Kier alpha value is -0.450. The third-order valence-corrected chi connectivity index (χ3v) is 3.85. The Morgan fingerprint density at radius 1 is 1.53 bits per heavy atom. The van der Waals surface area contributed by atoms with Gasteiger partial charge in [0.15, 0.2) is 0 Å². The summed E-state index contributed by atoms with van der Waals surface area (Å²) in [7, 11) is 0. The lowest BCUT2D eigenvalue weighted by molar-refractivity contribution is 0.103. The SMILES string of the molecule is CC(C)(C)c1csc(COCC2CCCN2)n1. The predicted molar refractivity (Wildman–Crippen MR) is 71.5 cm³/mol. The maximum Gasteiger partial charge on any atom is 0.119 e. The average molecular weight is 254 g/mol. The van der Waals surface area contributed by atoms with Crippen molar-refractivity contribution in [3.8, 4) is 0 Å². The first kappa shape index (κ1) is 13.0. The number of nitrogens with zero attached hydrogens (tertiary/aromatic N) is 1. The standard InChI is InChI=1S/C13H22N2OS/c1-13(2,3)11-9-17-12(15-11)8-16-7-10-5-4-6-14-10/h9-10,14H,4-8H2,1-3H3. The van der Waals surface area contributed by atoms with Gasteiger partial charge in [-0.1, -0.05) is 20.8 Å². The van der Waals surface area contributed by atoms with E-state index >= 15 is 0 Å². The van der Waals surface area contributed by atoms with Crippen molar-refractivity contribution in [2.75, 3.05) is 13.2 Å². The zero-order valence-electron chi connectivity index (χ0n) is 11.0. The third-order valence-electron chi connectivity index (χ3n) is 3.03. The maximum atomic E-state index is 5.72. The molecular weight excluding hydrogens is 232 g/mol. The molecule has 1 aliphatic heterocycles. The molecule has 0 bridgehead atoms. The number of thiazole rings is 1. The van der Waals surface area contributed by atoms with Crippen LogP contribution in [0.3, 0.4) is 0 Å². The fourth-order valence-electron chi connectivity index (χ4n) is 1.91. The van der Waals surface area contributed by atoms with Gasteiger partial charge in [-0.3, -0.25) is 0 Å². The molecule has 2 rings (SSSR count). The molecule has 1 N–H and O–H groups in total. The molecule has 0 radical (unpaired) electrons. The van der Waals surface area contributed by atoms with Gasteiger partial charge in [0.2, 0.25) is 0 Å². The van der Waals surface area contributed by atoms with Crippen molar-refractivity contribution >= 4 is 11.3 Å². The molecule has 1 aliphatic rings. The van der Waals surface area contributed by atoms with E-state index in [1.807, 2.05) is 0 Å². The van der Waals surface area contributed by atoms with Gasteiger partial charge in [0.25, 0.3) is 0 Å². The summed E-state index contributed by atoms with van der Waals surface area (Å²) in [5.41, 5.74) is 1.31. The second-order valence-corrected chi connectivity index (χ2v) is 6.63. The third kappa shape index (κ3) is 3.76. The van der Waals surface area contributed by atoms with Gasteiger partial charge >= 0.3 is 0 Å². The lowest BCUT2D eigenvalue weighted by Crippen LogP contribution is -2.26. The van der Waals surface area contributed by atoms with Crippen molar-refractivity contribution in [3.63, 3.8) is 0 Å². The Morgan fingerprint density at radius 2 is 2.35 bits per heavy atom. The molecule has 1 saturated heterocycles. The predicted octanol–water partition coefficient (Wildman–Crippen LogP) is 2.71. The Bertz CT molecular complexity index is 351. The molecule has 0 aromatic carbocycles. The number of ether oxygens (including phenoxy) is 1. The molecule has 1 unspecified atom stereocenters. The molecule has 1 aromatic heterocycles. The van der Waals surface area contributed by atoms with Crippen LogP contribution in [0.15, 0.2) is 5.38 Å². The molecule has 1 aromatic rings. The second kappa shape index (κ2) is 5.46. The van der Waals surface area contributed by atoms with E-state index in [2.05, 4.69) is 36.5 Å². The lowest BCUT2D eigenvalue weighted by Gasteiger charge is -2.14. The van der Waals surface area contributed by atoms with E-state index in [1.165, 1.54) is 18.5 Å². The van der Waals surface area contributed by atoms with Crippen LogP contribution in [0, 0.1) is 0 Å². The van der Waals surface area contributed by atoms with Gasteiger partial charge in [0.1, 0.15) is 5.01 Å². The zero-order chi connectivity index (χ0) is 12.3. The minimum absolute atomic E-state index is 0.141. The summed E-state index contributed by atoms with van der Waals surface area (Å²) in [6.45, 7) is 9.17. The van der Waals surface area contributed by atoms with Gasteiger partial charge < -0.3 is 10.1 Å². The van der Waals surface area contributed by atoms with Crippen molar-refractivity contribution in [2.45, 2.75) is 51.7 Å². The molecule has 0 amide bonds. The summed E-state index contributed by atoms with van der Waals surface area (Å²) < 4.78 is 5.72. The number of hydrogen-bond donors (Lipinski definition) is 1.